The third-order valence-electron chi connectivity index (χ3n) is 4.68. The number of benzene rings is 1. The zero-order chi connectivity index (χ0) is 20.4. The molecule has 29 heavy (non-hydrogen) atoms. The summed E-state index contributed by atoms with van der Waals surface area (Å²) in [6.45, 7) is 5.61. The summed E-state index contributed by atoms with van der Waals surface area (Å²) in [6, 6.07) is 9.84. The topological polar surface area (TPSA) is 77.0 Å². The van der Waals surface area contributed by atoms with Gasteiger partial charge in [-0.25, -0.2) is 0 Å². The molecule has 2 N–H and O–H groups in total. The molecule has 1 saturated heterocycles. The first-order valence-corrected chi connectivity index (χ1v) is 11.2. The molecule has 1 amide bonds. The largest absolute Gasteiger partial charge is 0.357 e. The van der Waals surface area contributed by atoms with Crippen molar-refractivity contribution in [3.05, 3.63) is 30.3 Å². The van der Waals surface area contributed by atoms with E-state index >= 15 is 0 Å². The number of hydrogen-bond donors (Lipinski definition) is 2. The van der Waals surface area contributed by atoms with Crippen LogP contribution in [-0.2, 0) is 15.6 Å². The number of halogens is 1. The van der Waals surface area contributed by atoms with E-state index in [0.29, 0.717) is 24.9 Å². The number of rotatable bonds is 8. The van der Waals surface area contributed by atoms with Gasteiger partial charge in [0.25, 0.3) is 0 Å². The van der Waals surface area contributed by atoms with Crippen molar-refractivity contribution in [1.82, 2.24) is 20.4 Å². The number of hydrogen-bond acceptors (Lipinski definition) is 4. The molecule has 1 aliphatic rings. The van der Waals surface area contributed by atoms with Crippen molar-refractivity contribution in [2.45, 2.75) is 30.7 Å². The van der Waals surface area contributed by atoms with E-state index in [4.69, 9.17) is 0 Å². The SMILES string of the molecule is CCNC(=NCCS(=O)c1ccccc1)NC1CCN(CC(=O)N(C)C)CC1.I. The van der Waals surface area contributed by atoms with E-state index < -0.39 is 10.8 Å². The van der Waals surface area contributed by atoms with Crippen LogP contribution in [0, 0.1) is 0 Å². The van der Waals surface area contributed by atoms with Gasteiger partial charge in [-0.3, -0.25) is 18.9 Å². The lowest BCUT2D eigenvalue weighted by atomic mass is 10.1. The zero-order valence-corrected chi connectivity index (χ0v) is 20.7. The van der Waals surface area contributed by atoms with E-state index in [2.05, 4.69) is 20.5 Å². The van der Waals surface area contributed by atoms with Gasteiger partial charge >= 0.3 is 0 Å². The molecule has 1 fully saturated rings. The van der Waals surface area contributed by atoms with Crippen LogP contribution < -0.4 is 10.6 Å². The van der Waals surface area contributed by atoms with E-state index in [1.807, 2.05) is 37.3 Å². The lowest BCUT2D eigenvalue weighted by Gasteiger charge is -2.33. The molecule has 7 nitrogen and oxygen atoms in total. The second-order valence-electron chi connectivity index (χ2n) is 7.11. The second kappa shape index (κ2) is 13.9. The molecule has 164 valence electrons. The van der Waals surface area contributed by atoms with E-state index in [9.17, 15) is 9.00 Å². The number of piperidine rings is 1. The summed E-state index contributed by atoms with van der Waals surface area (Å²) >= 11 is 0. The summed E-state index contributed by atoms with van der Waals surface area (Å²) in [5.74, 6) is 1.43. The first kappa shape index (κ1) is 25.8. The molecule has 1 aliphatic heterocycles. The minimum absolute atomic E-state index is 0. The third-order valence-corrected chi connectivity index (χ3v) is 6.03. The summed E-state index contributed by atoms with van der Waals surface area (Å²) in [5.41, 5.74) is 0. The van der Waals surface area contributed by atoms with Crippen molar-refractivity contribution in [3.63, 3.8) is 0 Å². The van der Waals surface area contributed by atoms with Crippen LogP contribution >= 0.6 is 24.0 Å². The molecule has 1 unspecified atom stereocenters. The molecule has 0 radical (unpaired) electrons. The summed E-state index contributed by atoms with van der Waals surface area (Å²) in [7, 11) is 2.55. The number of carbonyl (C=O) groups is 1. The Kier molecular flexibility index (Phi) is 12.4. The molecular formula is C20H34IN5O2S. The molecule has 1 heterocycles. The minimum atomic E-state index is -1.03. The first-order valence-electron chi connectivity index (χ1n) is 9.90. The van der Waals surface area contributed by atoms with Crippen molar-refractivity contribution in [3.8, 4) is 0 Å². The molecule has 0 spiro atoms. The fourth-order valence-electron chi connectivity index (χ4n) is 3.01. The minimum Gasteiger partial charge on any atom is -0.357 e. The Hall–Kier alpha value is -1.20. The zero-order valence-electron chi connectivity index (χ0n) is 17.6. The number of carbonyl (C=O) groups excluding carboxylic acids is 1. The highest BCUT2D eigenvalue weighted by molar-refractivity contribution is 14.0. The molecule has 1 aromatic rings. The molecular weight excluding hydrogens is 501 g/mol. The van der Waals surface area contributed by atoms with E-state index in [1.165, 1.54) is 0 Å². The quantitative estimate of drug-likeness (QED) is 0.300. The molecule has 0 bridgehead atoms. The Balaban J connectivity index is 0.00000420. The van der Waals surface area contributed by atoms with Crippen molar-refractivity contribution in [2.75, 3.05) is 52.6 Å². The van der Waals surface area contributed by atoms with Gasteiger partial charge in [0.05, 0.1) is 23.9 Å². The number of guanidine groups is 1. The lowest BCUT2D eigenvalue weighted by molar-refractivity contribution is -0.130. The summed E-state index contributed by atoms with van der Waals surface area (Å²) in [6.07, 6.45) is 1.95. The summed E-state index contributed by atoms with van der Waals surface area (Å²) in [4.78, 5) is 21.1. The monoisotopic (exact) mass is 535 g/mol. The summed E-state index contributed by atoms with van der Waals surface area (Å²) < 4.78 is 12.3. The van der Waals surface area contributed by atoms with Crippen LogP contribution in [0.4, 0.5) is 0 Å². The van der Waals surface area contributed by atoms with Crippen molar-refractivity contribution in [2.24, 2.45) is 4.99 Å². The fourth-order valence-corrected chi connectivity index (χ4v) is 3.97. The molecule has 2 rings (SSSR count). The van der Waals surface area contributed by atoms with Gasteiger partial charge in [-0.05, 0) is 31.9 Å². The van der Waals surface area contributed by atoms with Gasteiger partial charge in [0, 0.05) is 50.4 Å². The highest BCUT2D eigenvalue weighted by Gasteiger charge is 2.22. The van der Waals surface area contributed by atoms with Crippen molar-refractivity contribution < 1.29 is 9.00 Å². The van der Waals surface area contributed by atoms with Crippen LogP contribution in [0.25, 0.3) is 0 Å². The molecule has 1 aromatic carbocycles. The first-order chi connectivity index (χ1) is 13.5. The van der Waals surface area contributed by atoms with Crippen molar-refractivity contribution >= 4 is 46.6 Å². The maximum atomic E-state index is 12.3. The highest BCUT2D eigenvalue weighted by Crippen LogP contribution is 2.10. The maximum absolute atomic E-state index is 12.3. The maximum Gasteiger partial charge on any atom is 0.236 e. The van der Waals surface area contributed by atoms with Crippen LogP contribution in [0.5, 0.6) is 0 Å². The van der Waals surface area contributed by atoms with E-state index in [1.54, 1.807) is 19.0 Å². The van der Waals surface area contributed by atoms with Gasteiger partial charge in [-0.2, -0.15) is 0 Å². The lowest BCUT2D eigenvalue weighted by Crippen LogP contribution is -2.50. The number of aliphatic imine (C=N–C) groups is 1. The Morgan fingerprint density at radius 3 is 2.48 bits per heavy atom. The predicted octanol–water partition coefficient (Wildman–Crippen LogP) is 1.52. The van der Waals surface area contributed by atoms with Crippen LogP contribution in [0.2, 0.25) is 0 Å². The van der Waals surface area contributed by atoms with Gasteiger partial charge in [-0.1, -0.05) is 18.2 Å². The Morgan fingerprint density at radius 2 is 1.90 bits per heavy atom. The Bertz CT molecular complexity index is 664. The third kappa shape index (κ3) is 9.43. The van der Waals surface area contributed by atoms with Crippen molar-refractivity contribution in [1.29, 1.82) is 0 Å². The standard InChI is InChI=1S/C20H33N5O2S.HI/c1-4-21-20(22-12-15-28(27)18-8-6-5-7-9-18)23-17-10-13-25(14-11-17)16-19(26)24(2)3;/h5-9,17H,4,10-16H2,1-3H3,(H2,21,22,23);1H. The predicted molar refractivity (Wildman–Crippen MR) is 130 cm³/mol. The van der Waals surface area contributed by atoms with Crippen LogP contribution in [0.3, 0.4) is 0 Å². The smallest absolute Gasteiger partial charge is 0.236 e. The van der Waals surface area contributed by atoms with Gasteiger partial charge in [0.2, 0.25) is 5.91 Å². The number of likely N-dealkylation sites (N-methyl/N-ethyl adjacent to an activating group) is 1. The van der Waals surface area contributed by atoms with Gasteiger partial charge < -0.3 is 15.5 Å². The number of nitrogens with one attached hydrogen (secondary N) is 2. The fraction of sp³-hybridized carbons (Fsp3) is 0.600. The Morgan fingerprint density at radius 1 is 1.24 bits per heavy atom. The van der Waals surface area contributed by atoms with E-state index in [0.717, 1.165) is 43.3 Å². The molecule has 9 heteroatoms. The summed E-state index contributed by atoms with van der Waals surface area (Å²) in [5, 5.41) is 6.75. The van der Waals surface area contributed by atoms with Gasteiger partial charge in [0.1, 0.15) is 0 Å². The van der Waals surface area contributed by atoms with Crippen LogP contribution in [0.15, 0.2) is 40.2 Å². The van der Waals surface area contributed by atoms with Crippen LogP contribution in [-0.4, -0.2) is 84.5 Å². The molecule has 0 aromatic heterocycles. The second-order valence-corrected chi connectivity index (χ2v) is 8.68. The normalized spacial score (nSPS) is 16.6. The molecule has 1 atom stereocenters. The van der Waals surface area contributed by atoms with Crippen LogP contribution in [0.1, 0.15) is 19.8 Å². The highest BCUT2D eigenvalue weighted by atomic mass is 127. The Labute approximate surface area is 194 Å². The number of likely N-dealkylation sites (tertiary alicyclic amines) is 1. The van der Waals surface area contributed by atoms with E-state index in [-0.39, 0.29) is 29.9 Å². The number of amides is 1. The molecule has 0 saturated carbocycles. The molecule has 0 aliphatic carbocycles. The average Bonchev–Trinajstić information content (AvgIpc) is 2.70. The van der Waals surface area contributed by atoms with Gasteiger partial charge in [-0.15, -0.1) is 24.0 Å². The van der Waals surface area contributed by atoms with Gasteiger partial charge in [0.15, 0.2) is 5.96 Å². The number of nitrogens with zero attached hydrogens (tertiary/aromatic N) is 3. The average molecular weight is 535 g/mol.